The van der Waals surface area contributed by atoms with Crippen molar-refractivity contribution in [1.29, 1.82) is 0 Å². The van der Waals surface area contributed by atoms with Crippen molar-refractivity contribution in [2.45, 2.75) is 32.2 Å². The van der Waals surface area contributed by atoms with E-state index in [1.807, 2.05) is 37.3 Å². The maximum Gasteiger partial charge on any atom is 0.241 e. The van der Waals surface area contributed by atoms with Gasteiger partial charge < -0.3 is 9.53 Å². The average molecular weight is 361 g/mol. The number of rotatable bonds is 3. The second-order valence-corrected chi connectivity index (χ2v) is 12.5. The summed E-state index contributed by atoms with van der Waals surface area (Å²) in [5, 5.41) is 13.9. The Labute approximate surface area is 155 Å². The molecule has 0 saturated carbocycles. The lowest BCUT2D eigenvalue weighted by molar-refractivity contribution is 0.0616. The highest BCUT2D eigenvalue weighted by atomic mass is 28.4. The Morgan fingerprint density at radius 2 is 1.50 bits per heavy atom. The van der Waals surface area contributed by atoms with Gasteiger partial charge in [0, 0.05) is 11.1 Å². The molecule has 4 rings (SSSR count). The van der Waals surface area contributed by atoms with Gasteiger partial charge in [-0.2, -0.15) is 0 Å². The molecule has 3 aromatic carbocycles. The highest BCUT2D eigenvalue weighted by Crippen LogP contribution is 2.51. The Kier molecular flexibility index (Phi) is 3.83. The molecule has 0 fully saturated rings. The summed E-state index contributed by atoms with van der Waals surface area (Å²) in [5.74, 6) is 0.689. The van der Waals surface area contributed by atoms with Crippen LogP contribution in [0.5, 0.6) is 0 Å². The van der Waals surface area contributed by atoms with Crippen LogP contribution in [0.15, 0.2) is 72.5 Å². The molecular formula is C23H24O2Si. The Hall–Kier alpha value is -2.36. The van der Waals surface area contributed by atoms with Crippen LogP contribution in [0.4, 0.5) is 0 Å². The van der Waals surface area contributed by atoms with Crippen LogP contribution in [0.3, 0.4) is 0 Å². The number of fused-ring (bicyclic) bond motifs is 3. The molecular weight excluding hydrogens is 336 g/mol. The molecule has 1 aliphatic carbocycles. The van der Waals surface area contributed by atoms with Gasteiger partial charge in [-0.3, -0.25) is 0 Å². The normalized spacial score (nSPS) is 19.7. The minimum absolute atomic E-state index is 0.689. The molecule has 0 aliphatic heterocycles. The Morgan fingerprint density at radius 3 is 2.19 bits per heavy atom. The largest absolute Gasteiger partial charge is 0.545 e. The Balaban J connectivity index is 2.06. The van der Waals surface area contributed by atoms with E-state index in [2.05, 4.69) is 56.0 Å². The van der Waals surface area contributed by atoms with Crippen molar-refractivity contribution in [3.05, 3.63) is 89.2 Å². The number of benzene rings is 3. The van der Waals surface area contributed by atoms with Crippen molar-refractivity contribution in [1.82, 2.24) is 0 Å². The minimum Gasteiger partial charge on any atom is -0.545 e. The molecule has 1 N–H and O–H groups in total. The van der Waals surface area contributed by atoms with Gasteiger partial charge >= 0.3 is 0 Å². The van der Waals surface area contributed by atoms with Gasteiger partial charge in [-0.05, 0) is 48.5 Å². The molecule has 0 heterocycles. The van der Waals surface area contributed by atoms with Crippen LogP contribution in [-0.2, 0) is 10.0 Å². The summed E-state index contributed by atoms with van der Waals surface area (Å²) in [7, 11) is -1.91. The van der Waals surface area contributed by atoms with Crippen molar-refractivity contribution >= 4 is 24.7 Å². The van der Waals surface area contributed by atoms with E-state index in [4.69, 9.17) is 4.43 Å². The van der Waals surface area contributed by atoms with Crippen LogP contribution in [0.25, 0.3) is 16.3 Å². The second-order valence-electron chi connectivity index (χ2n) is 8.07. The summed E-state index contributed by atoms with van der Waals surface area (Å²) < 4.78 is 6.48. The van der Waals surface area contributed by atoms with Crippen LogP contribution in [0.1, 0.15) is 23.6 Å². The van der Waals surface area contributed by atoms with Crippen LogP contribution in [0, 0.1) is 0 Å². The lowest BCUT2D eigenvalue weighted by atomic mass is 9.90. The molecule has 3 heteroatoms. The standard InChI is InChI=1S/C23H24O2Si/c1-23(24)21-18-13-9-8-10-16(18)14-15-19(21)20(17-11-6-5-7-12-17)22(23)25-26(2,3)4/h5-15,24H,1-4H3. The average Bonchev–Trinajstić information content (AvgIpc) is 2.82. The predicted molar refractivity (Wildman–Crippen MR) is 110 cm³/mol. The molecule has 1 atom stereocenters. The van der Waals surface area contributed by atoms with Crippen LogP contribution >= 0.6 is 0 Å². The zero-order valence-electron chi connectivity index (χ0n) is 15.7. The topological polar surface area (TPSA) is 29.5 Å². The first-order valence-corrected chi connectivity index (χ1v) is 12.4. The van der Waals surface area contributed by atoms with Gasteiger partial charge in [-0.15, -0.1) is 0 Å². The van der Waals surface area contributed by atoms with Gasteiger partial charge in [0.05, 0.1) is 0 Å². The van der Waals surface area contributed by atoms with E-state index in [9.17, 15) is 5.11 Å². The van der Waals surface area contributed by atoms with Crippen molar-refractivity contribution in [2.75, 3.05) is 0 Å². The zero-order valence-corrected chi connectivity index (χ0v) is 16.7. The summed E-state index contributed by atoms with van der Waals surface area (Å²) in [4.78, 5) is 0. The van der Waals surface area contributed by atoms with Crippen molar-refractivity contribution in [2.24, 2.45) is 0 Å². The SMILES string of the molecule is CC1(O)C(O[Si](C)(C)C)=C(c2ccccc2)c2ccc3ccccc3c21. The first-order chi connectivity index (χ1) is 12.3. The molecule has 2 nitrogen and oxygen atoms in total. The van der Waals surface area contributed by atoms with Gasteiger partial charge in [-0.1, -0.05) is 66.7 Å². The quantitative estimate of drug-likeness (QED) is 0.610. The molecule has 26 heavy (non-hydrogen) atoms. The minimum atomic E-state index is -1.91. The molecule has 0 bridgehead atoms. The van der Waals surface area contributed by atoms with E-state index in [1.54, 1.807) is 0 Å². The van der Waals surface area contributed by atoms with E-state index >= 15 is 0 Å². The smallest absolute Gasteiger partial charge is 0.241 e. The number of hydrogen-bond acceptors (Lipinski definition) is 2. The van der Waals surface area contributed by atoms with Crippen molar-refractivity contribution in [3.8, 4) is 0 Å². The van der Waals surface area contributed by atoms with Crippen molar-refractivity contribution in [3.63, 3.8) is 0 Å². The molecule has 0 radical (unpaired) electrons. The van der Waals surface area contributed by atoms with Gasteiger partial charge in [0.15, 0.2) is 0 Å². The first kappa shape index (κ1) is 17.1. The van der Waals surface area contributed by atoms with Gasteiger partial charge in [0.1, 0.15) is 11.4 Å². The molecule has 132 valence electrons. The van der Waals surface area contributed by atoms with Crippen LogP contribution in [-0.4, -0.2) is 13.4 Å². The fraction of sp³-hybridized carbons (Fsp3) is 0.217. The Bertz CT molecular complexity index is 1010. The highest BCUT2D eigenvalue weighted by molar-refractivity contribution is 6.70. The maximum atomic E-state index is 11.6. The van der Waals surface area contributed by atoms with E-state index in [1.165, 1.54) is 0 Å². The van der Waals surface area contributed by atoms with Crippen LogP contribution < -0.4 is 0 Å². The maximum absolute atomic E-state index is 11.6. The van der Waals surface area contributed by atoms with Crippen molar-refractivity contribution < 1.29 is 9.53 Å². The Morgan fingerprint density at radius 1 is 0.846 bits per heavy atom. The van der Waals surface area contributed by atoms with Gasteiger partial charge in [-0.25, -0.2) is 0 Å². The highest BCUT2D eigenvalue weighted by Gasteiger charge is 2.44. The van der Waals surface area contributed by atoms with E-state index in [0.717, 1.165) is 33.0 Å². The third-order valence-corrected chi connectivity index (χ3v) is 5.64. The number of aliphatic hydroxyl groups is 1. The summed E-state index contributed by atoms with van der Waals surface area (Å²) in [6, 6.07) is 22.7. The van der Waals surface area contributed by atoms with E-state index in [0.29, 0.717) is 5.76 Å². The van der Waals surface area contributed by atoms with Gasteiger partial charge in [0.2, 0.25) is 8.32 Å². The molecule has 1 aliphatic rings. The molecule has 3 aromatic rings. The fourth-order valence-corrected chi connectivity index (χ4v) is 4.74. The lowest BCUT2D eigenvalue weighted by Crippen LogP contribution is -2.32. The molecule has 0 aromatic heterocycles. The summed E-state index contributed by atoms with van der Waals surface area (Å²) in [6.07, 6.45) is 0. The summed E-state index contributed by atoms with van der Waals surface area (Å²) in [5.41, 5.74) is 2.95. The molecule has 0 amide bonds. The monoisotopic (exact) mass is 360 g/mol. The first-order valence-electron chi connectivity index (χ1n) is 9.03. The summed E-state index contributed by atoms with van der Waals surface area (Å²) >= 11 is 0. The van der Waals surface area contributed by atoms with E-state index in [-0.39, 0.29) is 0 Å². The second kappa shape index (κ2) is 5.83. The van der Waals surface area contributed by atoms with Crippen LogP contribution in [0.2, 0.25) is 19.6 Å². The van der Waals surface area contributed by atoms with Gasteiger partial charge in [0.25, 0.3) is 0 Å². The summed E-state index contributed by atoms with van der Waals surface area (Å²) in [6.45, 7) is 8.32. The zero-order chi connectivity index (χ0) is 18.5. The number of hydrogen-bond donors (Lipinski definition) is 1. The fourth-order valence-electron chi connectivity index (χ4n) is 3.83. The lowest BCUT2D eigenvalue weighted by Gasteiger charge is -2.30. The molecule has 0 saturated heterocycles. The van der Waals surface area contributed by atoms with E-state index < -0.39 is 13.9 Å². The third-order valence-electron chi connectivity index (χ3n) is 4.83. The third kappa shape index (κ3) is 2.68. The molecule has 1 unspecified atom stereocenters. The predicted octanol–water partition coefficient (Wildman–Crippen LogP) is 5.67. The molecule has 0 spiro atoms.